The lowest BCUT2D eigenvalue weighted by Gasteiger charge is -2.21. The fourth-order valence-corrected chi connectivity index (χ4v) is 2.59. The van der Waals surface area contributed by atoms with Gasteiger partial charge < -0.3 is 26.5 Å². The van der Waals surface area contributed by atoms with E-state index in [9.17, 15) is 14.4 Å². The maximum absolute atomic E-state index is 12.4. The van der Waals surface area contributed by atoms with Gasteiger partial charge in [0.15, 0.2) is 0 Å². The lowest BCUT2D eigenvalue weighted by atomic mass is 10.0. The number of hydrogen-bond donors (Lipinski definition) is 5. The summed E-state index contributed by atoms with van der Waals surface area (Å²) in [4.78, 5) is 38.5. The number of carbonyl (C=O) groups excluding carboxylic acids is 2. The number of fused-ring (bicyclic) bond motifs is 1. The minimum atomic E-state index is -1.16. The van der Waals surface area contributed by atoms with Crippen LogP contribution in [0, 0.1) is 5.92 Å². The minimum absolute atomic E-state index is 0.0918. The maximum Gasteiger partial charge on any atom is 0.322 e. The van der Waals surface area contributed by atoms with Crippen LogP contribution in [0.1, 0.15) is 19.4 Å². The van der Waals surface area contributed by atoms with Gasteiger partial charge in [0.25, 0.3) is 0 Å². The van der Waals surface area contributed by atoms with Crippen LogP contribution in [0.5, 0.6) is 0 Å². The van der Waals surface area contributed by atoms with E-state index in [1.165, 1.54) is 0 Å². The molecule has 0 saturated carbocycles. The fraction of sp³-hybridized carbons (Fsp3) is 0.389. The van der Waals surface area contributed by atoms with E-state index >= 15 is 0 Å². The van der Waals surface area contributed by atoms with Gasteiger partial charge in [-0.3, -0.25) is 14.4 Å². The molecule has 2 atom stereocenters. The average Bonchev–Trinajstić information content (AvgIpc) is 3.01. The predicted molar refractivity (Wildman–Crippen MR) is 97.4 cm³/mol. The predicted octanol–water partition coefficient (Wildman–Crippen LogP) is 0.379. The van der Waals surface area contributed by atoms with Crippen molar-refractivity contribution in [1.82, 2.24) is 15.6 Å². The Labute approximate surface area is 151 Å². The molecule has 2 rings (SSSR count). The number of aromatic nitrogens is 1. The van der Waals surface area contributed by atoms with Gasteiger partial charge in [0, 0.05) is 23.5 Å². The van der Waals surface area contributed by atoms with Gasteiger partial charge in [-0.1, -0.05) is 32.0 Å². The van der Waals surface area contributed by atoms with Gasteiger partial charge in [0.1, 0.15) is 12.6 Å². The highest BCUT2D eigenvalue weighted by Gasteiger charge is 2.26. The summed E-state index contributed by atoms with van der Waals surface area (Å²) in [6.07, 6.45) is 1.99. The number of aliphatic carboxylic acids is 1. The second kappa shape index (κ2) is 8.48. The topological polar surface area (TPSA) is 137 Å². The standard InChI is InChI=1S/C18H24N4O4/c1-10(2)16(19)18(26)22-14(17(25)21-9-15(23)24)7-11-8-20-13-6-4-3-5-12(11)13/h3-6,8,10,14,16,20H,7,9,19H2,1-2H3,(H,21,25)(H,22,26)(H,23,24). The van der Waals surface area contributed by atoms with Crippen molar-refractivity contribution in [1.29, 1.82) is 0 Å². The van der Waals surface area contributed by atoms with E-state index in [-0.39, 0.29) is 12.3 Å². The molecule has 0 aliphatic rings. The molecule has 1 aromatic carbocycles. The Morgan fingerprint density at radius 1 is 1.19 bits per heavy atom. The number of H-pyrrole nitrogens is 1. The van der Waals surface area contributed by atoms with Crippen LogP contribution < -0.4 is 16.4 Å². The van der Waals surface area contributed by atoms with Gasteiger partial charge in [-0.25, -0.2) is 0 Å². The summed E-state index contributed by atoms with van der Waals surface area (Å²) >= 11 is 0. The van der Waals surface area contributed by atoms with Crippen LogP contribution in [0.3, 0.4) is 0 Å². The summed E-state index contributed by atoms with van der Waals surface area (Å²) in [5, 5.41) is 14.6. The molecule has 2 amide bonds. The van der Waals surface area contributed by atoms with Crippen molar-refractivity contribution >= 4 is 28.7 Å². The third-order valence-corrected chi connectivity index (χ3v) is 4.17. The third-order valence-electron chi connectivity index (χ3n) is 4.17. The maximum atomic E-state index is 12.4. The number of benzene rings is 1. The van der Waals surface area contributed by atoms with Gasteiger partial charge in [-0.05, 0) is 17.5 Å². The first-order valence-corrected chi connectivity index (χ1v) is 8.40. The van der Waals surface area contributed by atoms with Gasteiger partial charge in [-0.15, -0.1) is 0 Å². The average molecular weight is 360 g/mol. The number of para-hydroxylation sites is 1. The van der Waals surface area contributed by atoms with Crippen molar-refractivity contribution in [2.45, 2.75) is 32.4 Å². The number of rotatable bonds is 8. The largest absolute Gasteiger partial charge is 0.480 e. The number of nitrogens with two attached hydrogens (primary N) is 1. The summed E-state index contributed by atoms with van der Waals surface area (Å²) < 4.78 is 0. The molecule has 140 valence electrons. The zero-order valence-corrected chi connectivity index (χ0v) is 14.8. The molecule has 8 heteroatoms. The number of carboxylic acid groups (broad SMARTS) is 1. The first-order chi connectivity index (χ1) is 12.3. The van der Waals surface area contributed by atoms with E-state index in [2.05, 4.69) is 15.6 Å². The third kappa shape index (κ3) is 4.82. The summed E-state index contributed by atoms with van der Waals surface area (Å²) in [5.41, 5.74) is 7.61. The Morgan fingerprint density at radius 3 is 2.54 bits per heavy atom. The van der Waals surface area contributed by atoms with Crippen molar-refractivity contribution in [2.24, 2.45) is 11.7 Å². The zero-order chi connectivity index (χ0) is 19.3. The smallest absolute Gasteiger partial charge is 0.322 e. The van der Waals surface area contributed by atoms with Gasteiger partial charge in [-0.2, -0.15) is 0 Å². The van der Waals surface area contributed by atoms with E-state index in [4.69, 9.17) is 10.8 Å². The Bertz CT molecular complexity index is 799. The second-order valence-corrected chi connectivity index (χ2v) is 6.51. The Balaban J connectivity index is 2.20. The molecule has 1 aromatic heterocycles. The number of hydrogen-bond acceptors (Lipinski definition) is 4. The monoisotopic (exact) mass is 360 g/mol. The number of carboxylic acids is 1. The second-order valence-electron chi connectivity index (χ2n) is 6.51. The summed E-state index contributed by atoms with van der Waals surface area (Å²) in [5.74, 6) is -2.27. The van der Waals surface area contributed by atoms with Gasteiger partial charge >= 0.3 is 5.97 Å². The molecule has 0 aliphatic carbocycles. The SMILES string of the molecule is CC(C)C(N)C(=O)NC(Cc1c[nH]c2ccccc12)C(=O)NCC(=O)O. The molecule has 0 saturated heterocycles. The minimum Gasteiger partial charge on any atom is -0.480 e. The molecule has 26 heavy (non-hydrogen) atoms. The number of aromatic amines is 1. The summed E-state index contributed by atoms with van der Waals surface area (Å²) in [6, 6.07) is 5.91. The molecule has 8 nitrogen and oxygen atoms in total. The van der Waals surface area contributed by atoms with Crippen molar-refractivity contribution < 1.29 is 19.5 Å². The molecular weight excluding hydrogens is 336 g/mol. The van der Waals surface area contributed by atoms with E-state index < -0.39 is 36.4 Å². The van der Waals surface area contributed by atoms with Crippen molar-refractivity contribution in [3.8, 4) is 0 Å². The number of amides is 2. The van der Waals surface area contributed by atoms with E-state index in [1.54, 1.807) is 6.20 Å². The van der Waals surface area contributed by atoms with Crippen LogP contribution in [-0.4, -0.2) is 46.5 Å². The van der Waals surface area contributed by atoms with Gasteiger partial charge in [0.05, 0.1) is 6.04 Å². The van der Waals surface area contributed by atoms with E-state index in [0.717, 1.165) is 16.5 Å². The molecule has 0 aliphatic heterocycles. The molecule has 6 N–H and O–H groups in total. The van der Waals surface area contributed by atoms with Crippen molar-refractivity contribution in [3.05, 3.63) is 36.0 Å². The highest BCUT2D eigenvalue weighted by atomic mass is 16.4. The fourth-order valence-electron chi connectivity index (χ4n) is 2.59. The number of carbonyl (C=O) groups is 3. The molecule has 2 unspecified atom stereocenters. The molecule has 0 radical (unpaired) electrons. The summed E-state index contributed by atoms with van der Waals surface area (Å²) in [6.45, 7) is 3.10. The van der Waals surface area contributed by atoms with E-state index in [0.29, 0.717) is 0 Å². The molecular formula is C18H24N4O4. The zero-order valence-electron chi connectivity index (χ0n) is 14.8. The van der Waals surface area contributed by atoms with E-state index in [1.807, 2.05) is 38.1 Å². The van der Waals surface area contributed by atoms with Crippen LogP contribution in [0.25, 0.3) is 10.9 Å². The van der Waals surface area contributed by atoms with Crippen LogP contribution in [-0.2, 0) is 20.8 Å². The quantitative estimate of drug-likeness (QED) is 0.463. The Morgan fingerprint density at radius 2 is 1.88 bits per heavy atom. The van der Waals surface area contributed by atoms with Crippen molar-refractivity contribution in [2.75, 3.05) is 6.54 Å². The van der Waals surface area contributed by atoms with Crippen LogP contribution >= 0.6 is 0 Å². The van der Waals surface area contributed by atoms with Crippen LogP contribution in [0.4, 0.5) is 0 Å². The normalized spacial score (nSPS) is 13.4. The molecule has 0 bridgehead atoms. The highest BCUT2D eigenvalue weighted by Crippen LogP contribution is 2.19. The lowest BCUT2D eigenvalue weighted by molar-refractivity contribution is -0.138. The Hall–Kier alpha value is -2.87. The molecule has 1 heterocycles. The Kier molecular flexibility index (Phi) is 6.35. The first kappa shape index (κ1) is 19.5. The molecule has 0 spiro atoms. The lowest BCUT2D eigenvalue weighted by Crippen LogP contribution is -2.54. The number of nitrogens with one attached hydrogen (secondary N) is 3. The molecule has 0 fully saturated rings. The highest BCUT2D eigenvalue weighted by molar-refractivity contribution is 5.92. The first-order valence-electron chi connectivity index (χ1n) is 8.40. The van der Waals surface area contributed by atoms with Gasteiger partial charge in [0.2, 0.25) is 11.8 Å². The molecule has 2 aromatic rings. The van der Waals surface area contributed by atoms with Crippen LogP contribution in [0.15, 0.2) is 30.5 Å². The van der Waals surface area contributed by atoms with Crippen LogP contribution in [0.2, 0.25) is 0 Å². The summed E-state index contributed by atoms with van der Waals surface area (Å²) in [7, 11) is 0. The van der Waals surface area contributed by atoms with Crippen molar-refractivity contribution in [3.63, 3.8) is 0 Å².